The fourth-order valence-electron chi connectivity index (χ4n) is 3.99. The molecule has 0 unspecified atom stereocenters. The van der Waals surface area contributed by atoms with E-state index in [1.54, 1.807) is 16.2 Å². The number of carbonyl (C=O) groups is 2. The summed E-state index contributed by atoms with van der Waals surface area (Å²) < 4.78 is 1.03. The van der Waals surface area contributed by atoms with Crippen molar-refractivity contribution in [2.45, 2.75) is 25.3 Å². The highest BCUT2D eigenvalue weighted by Gasteiger charge is 2.49. The first-order chi connectivity index (χ1) is 13.0. The Morgan fingerprint density at radius 3 is 2.78 bits per heavy atom. The Hall–Kier alpha value is -1.89. The molecule has 2 fully saturated rings. The van der Waals surface area contributed by atoms with E-state index in [2.05, 4.69) is 35.8 Å². The molecular weight excluding hydrogens is 400 g/mol. The first kappa shape index (κ1) is 17.2. The average Bonchev–Trinajstić information content (AvgIpc) is 3.30. The quantitative estimate of drug-likeness (QED) is 0.658. The summed E-state index contributed by atoms with van der Waals surface area (Å²) in [6.07, 6.45) is 1.36. The highest BCUT2D eigenvalue weighted by atomic mass is 35.5. The number of nitrogens with zero attached hydrogens (tertiary/aromatic N) is 1. The molecule has 4 heterocycles. The zero-order valence-corrected chi connectivity index (χ0v) is 17.1. The Morgan fingerprint density at radius 1 is 1.30 bits per heavy atom. The van der Waals surface area contributed by atoms with Crippen LogP contribution in [0.15, 0.2) is 29.6 Å². The topological polar surface area (TPSA) is 49.4 Å². The number of benzene rings is 1. The molecule has 0 atom stereocenters. The van der Waals surface area contributed by atoms with Gasteiger partial charge in [-0.05, 0) is 42.0 Å². The van der Waals surface area contributed by atoms with Gasteiger partial charge in [0.05, 0.1) is 10.6 Å². The van der Waals surface area contributed by atoms with Gasteiger partial charge in [0.1, 0.15) is 4.88 Å². The lowest BCUT2D eigenvalue weighted by Gasteiger charge is -2.47. The van der Waals surface area contributed by atoms with Crippen molar-refractivity contribution in [1.29, 1.82) is 0 Å². The molecule has 4 nitrogen and oxygen atoms in total. The smallest absolute Gasteiger partial charge is 0.265 e. The SMILES string of the molecule is Cc1ccsc1-c1ccc2c(Cl)c(C(=O)N3CC4(CCC(=O)N4)C3)sc2c1. The van der Waals surface area contributed by atoms with Gasteiger partial charge < -0.3 is 10.2 Å². The average molecular weight is 417 g/mol. The second kappa shape index (κ2) is 6.06. The number of fused-ring (bicyclic) bond motifs is 1. The number of likely N-dealkylation sites (tertiary alicyclic amines) is 1. The van der Waals surface area contributed by atoms with Crippen molar-refractivity contribution in [3.63, 3.8) is 0 Å². The number of aryl methyl sites for hydroxylation is 1. The van der Waals surface area contributed by atoms with E-state index < -0.39 is 0 Å². The lowest BCUT2D eigenvalue weighted by atomic mass is 9.88. The van der Waals surface area contributed by atoms with E-state index in [1.165, 1.54) is 21.8 Å². The molecule has 0 aliphatic carbocycles. The van der Waals surface area contributed by atoms with Crippen molar-refractivity contribution < 1.29 is 9.59 Å². The highest BCUT2D eigenvalue weighted by Crippen LogP contribution is 2.41. The summed E-state index contributed by atoms with van der Waals surface area (Å²) in [7, 11) is 0. The molecule has 3 aromatic rings. The number of halogens is 1. The molecule has 0 radical (unpaired) electrons. The van der Waals surface area contributed by atoms with Crippen molar-refractivity contribution in [3.8, 4) is 10.4 Å². The maximum atomic E-state index is 12.9. The second-order valence-corrected chi connectivity index (χ2v) is 9.72. The molecule has 138 valence electrons. The van der Waals surface area contributed by atoms with Gasteiger partial charge in [0, 0.05) is 34.5 Å². The Balaban J connectivity index is 1.44. The van der Waals surface area contributed by atoms with Gasteiger partial charge in [0.25, 0.3) is 5.91 Å². The van der Waals surface area contributed by atoms with Gasteiger partial charge >= 0.3 is 0 Å². The number of thiophene rings is 2. The number of hydrogen-bond donors (Lipinski definition) is 1. The van der Waals surface area contributed by atoms with Crippen LogP contribution in [-0.4, -0.2) is 35.3 Å². The minimum atomic E-state index is -0.209. The summed E-state index contributed by atoms with van der Waals surface area (Å²) in [5.74, 6) is 0.0419. The Morgan fingerprint density at radius 2 is 2.11 bits per heavy atom. The van der Waals surface area contributed by atoms with Gasteiger partial charge in [-0.15, -0.1) is 22.7 Å². The Labute approximate surface area is 169 Å². The third-order valence-electron chi connectivity index (χ3n) is 5.46. The van der Waals surface area contributed by atoms with E-state index in [4.69, 9.17) is 11.6 Å². The van der Waals surface area contributed by atoms with E-state index in [-0.39, 0.29) is 17.4 Å². The largest absolute Gasteiger partial charge is 0.347 e. The van der Waals surface area contributed by atoms with E-state index >= 15 is 0 Å². The van der Waals surface area contributed by atoms with Gasteiger partial charge in [0.15, 0.2) is 0 Å². The third kappa shape index (κ3) is 2.70. The van der Waals surface area contributed by atoms with Gasteiger partial charge in [0.2, 0.25) is 5.91 Å². The van der Waals surface area contributed by atoms with Gasteiger partial charge in [-0.1, -0.05) is 23.7 Å². The van der Waals surface area contributed by atoms with Crippen molar-refractivity contribution in [1.82, 2.24) is 10.2 Å². The highest BCUT2D eigenvalue weighted by molar-refractivity contribution is 7.21. The maximum Gasteiger partial charge on any atom is 0.265 e. The number of rotatable bonds is 2. The molecule has 7 heteroatoms. The van der Waals surface area contributed by atoms with Gasteiger partial charge in [-0.2, -0.15) is 0 Å². The van der Waals surface area contributed by atoms with Crippen LogP contribution in [-0.2, 0) is 4.79 Å². The van der Waals surface area contributed by atoms with E-state index in [0.29, 0.717) is 29.4 Å². The van der Waals surface area contributed by atoms with Crippen molar-refractivity contribution in [2.75, 3.05) is 13.1 Å². The Bertz CT molecular complexity index is 1090. The van der Waals surface area contributed by atoms with E-state index in [1.807, 2.05) is 6.07 Å². The second-order valence-electron chi connectivity index (χ2n) is 7.38. The number of amides is 2. The molecule has 1 aromatic carbocycles. The summed E-state index contributed by atoms with van der Waals surface area (Å²) in [6.45, 7) is 3.25. The molecule has 2 aliphatic rings. The van der Waals surface area contributed by atoms with Crippen LogP contribution in [0.5, 0.6) is 0 Å². The predicted molar refractivity (Wildman–Crippen MR) is 111 cm³/mol. The number of hydrogen-bond acceptors (Lipinski definition) is 4. The summed E-state index contributed by atoms with van der Waals surface area (Å²) in [5, 5.41) is 6.56. The van der Waals surface area contributed by atoms with Crippen molar-refractivity contribution in [3.05, 3.63) is 45.1 Å². The van der Waals surface area contributed by atoms with Crippen LogP contribution in [0.2, 0.25) is 5.02 Å². The monoisotopic (exact) mass is 416 g/mol. The zero-order valence-electron chi connectivity index (χ0n) is 14.7. The maximum absolute atomic E-state index is 12.9. The molecule has 2 saturated heterocycles. The molecule has 2 aromatic heterocycles. The lowest BCUT2D eigenvalue weighted by Crippen LogP contribution is -2.68. The fraction of sp³-hybridized carbons (Fsp3) is 0.300. The van der Waals surface area contributed by atoms with Crippen molar-refractivity contribution >= 4 is 56.2 Å². The van der Waals surface area contributed by atoms with Crippen LogP contribution in [0.1, 0.15) is 28.1 Å². The Kier molecular flexibility index (Phi) is 3.86. The molecule has 5 rings (SSSR count). The predicted octanol–water partition coefficient (Wildman–Crippen LogP) is 4.70. The standard InChI is InChI=1S/C20H17ClN2O2S2/c1-11-5-7-26-17(11)12-2-3-13-14(8-12)27-18(16(13)21)19(25)23-9-20(10-23)6-4-15(24)22-20/h2-3,5,7-8H,4,6,9-10H2,1H3,(H,22,24). The molecular formula is C20H17ClN2O2S2. The molecule has 1 spiro atoms. The molecule has 2 amide bonds. The molecule has 0 bridgehead atoms. The first-order valence-corrected chi connectivity index (χ1v) is 10.9. The van der Waals surface area contributed by atoms with E-state index in [9.17, 15) is 9.59 Å². The van der Waals surface area contributed by atoms with Crippen LogP contribution in [0.25, 0.3) is 20.5 Å². The zero-order chi connectivity index (χ0) is 18.8. The lowest BCUT2D eigenvalue weighted by molar-refractivity contribution is -0.120. The summed E-state index contributed by atoms with van der Waals surface area (Å²) in [4.78, 5) is 28.1. The van der Waals surface area contributed by atoms with Crippen molar-refractivity contribution in [2.24, 2.45) is 0 Å². The van der Waals surface area contributed by atoms with Gasteiger partial charge in [-0.25, -0.2) is 0 Å². The first-order valence-electron chi connectivity index (χ1n) is 8.83. The molecule has 1 N–H and O–H groups in total. The minimum absolute atomic E-state index is 0.0400. The van der Waals surface area contributed by atoms with Crippen LogP contribution < -0.4 is 5.32 Å². The number of nitrogens with one attached hydrogen (secondary N) is 1. The van der Waals surface area contributed by atoms with Crippen LogP contribution >= 0.6 is 34.3 Å². The summed E-state index contributed by atoms with van der Waals surface area (Å²) in [6, 6.07) is 8.31. The summed E-state index contributed by atoms with van der Waals surface area (Å²) >= 11 is 9.73. The van der Waals surface area contributed by atoms with Crippen LogP contribution in [0.4, 0.5) is 0 Å². The molecule has 27 heavy (non-hydrogen) atoms. The molecule has 0 saturated carbocycles. The fourth-order valence-corrected chi connectivity index (χ4v) is 6.44. The van der Waals surface area contributed by atoms with Crippen LogP contribution in [0, 0.1) is 6.92 Å². The minimum Gasteiger partial charge on any atom is -0.347 e. The normalized spacial score (nSPS) is 18.1. The molecule has 2 aliphatic heterocycles. The third-order valence-corrected chi connectivity index (χ3v) is 8.17. The van der Waals surface area contributed by atoms with E-state index in [0.717, 1.165) is 22.1 Å². The summed E-state index contributed by atoms with van der Waals surface area (Å²) in [5.41, 5.74) is 2.20. The number of carbonyl (C=O) groups excluding carboxylic acids is 2. The van der Waals surface area contributed by atoms with Crippen LogP contribution in [0.3, 0.4) is 0 Å². The van der Waals surface area contributed by atoms with Gasteiger partial charge in [-0.3, -0.25) is 9.59 Å².